The lowest BCUT2D eigenvalue weighted by Crippen LogP contribution is -2.41. The van der Waals surface area contributed by atoms with Crippen LogP contribution in [0.3, 0.4) is 0 Å². The number of benzene rings is 1. The van der Waals surface area contributed by atoms with Crippen molar-refractivity contribution in [1.29, 1.82) is 0 Å². The van der Waals surface area contributed by atoms with Gasteiger partial charge in [0.1, 0.15) is 5.75 Å². The van der Waals surface area contributed by atoms with Crippen LogP contribution in [-0.2, 0) is 17.8 Å². The highest BCUT2D eigenvalue weighted by atomic mass is 16.5. The van der Waals surface area contributed by atoms with Crippen LogP contribution in [0.25, 0.3) is 0 Å². The van der Waals surface area contributed by atoms with Crippen molar-refractivity contribution in [3.8, 4) is 5.75 Å². The fourth-order valence-electron chi connectivity index (χ4n) is 5.75. The SMILES string of the molecule is C\C=N/N=C(C(/C=C\C=C(/C)NC(=O)c1cc2c(cc1OC)CCN(C(=O)C(CC(C)C)C1CC1)C2)=C\CCC)\C(C)CC. The second-order valence-corrected chi connectivity index (χ2v) is 12.7. The summed E-state index contributed by atoms with van der Waals surface area (Å²) in [5, 5.41) is 11.7. The molecule has 3 rings (SSSR count). The lowest BCUT2D eigenvalue weighted by atomic mass is 9.89. The smallest absolute Gasteiger partial charge is 0.259 e. The molecule has 1 aromatic rings. The van der Waals surface area contributed by atoms with E-state index in [-0.39, 0.29) is 23.7 Å². The van der Waals surface area contributed by atoms with Gasteiger partial charge in [0.25, 0.3) is 5.91 Å². The Labute approximate surface area is 265 Å². The predicted molar refractivity (Wildman–Crippen MR) is 182 cm³/mol. The van der Waals surface area contributed by atoms with Crippen LogP contribution < -0.4 is 10.1 Å². The van der Waals surface area contributed by atoms with Crippen molar-refractivity contribution < 1.29 is 14.3 Å². The van der Waals surface area contributed by atoms with Gasteiger partial charge in [-0.05, 0) is 99.1 Å². The molecule has 1 heterocycles. The lowest BCUT2D eigenvalue weighted by molar-refractivity contribution is -0.137. The van der Waals surface area contributed by atoms with E-state index >= 15 is 0 Å². The Hall–Kier alpha value is -3.48. The van der Waals surface area contributed by atoms with Crippen molar-refractivity contribution in [1.82, 2.24) is 10.2 Å². The third-order valence-corrected chi connectivity index (χ3v) is 8.57. The summed E-state index contributed by atoms with van der Waals surface area (Å²) in [6.45, 7) is 15.8. The zero-order valence-corrected chi connectivity index (χ0v) is 28.3. The summed E-state index contributed by atoms with van der Waals surface area (Å²) >= 11 is 0. The highest BCUT2D eigenvalue weighted by Gasteiger charge is 2.39. The average Bonchev–Trinajstić information content (AvgIpc) is 3.86. The van der Waals surface area contributed by atoms with Crippen molar-refractivity contribution in [2.24, 2.45) is 33.9 Å². The van der Waals surface area contributed by atoms with E-state index in [0.29, 0.717) is 41.9 Å². The van der Waals surface area contributed by atoms with Crippen molar-refractivity contribution in [2.45, 2.75) is 100.0 Å². The summed E-state index contributed by atoms with van der Waals surface area (Å²) in [4.78, 5) is 29.0. The molecule has 0 spiro atoms. The summed E-state index contributed by atoms with van der Waals surface area (Å²) in [5.41, 5.74) is 5.37. The van der Waals surface area contributed by atoms with Crippen LogP contribution in [0.4, 0.5) is 0 Å². The average molecular weight is 603 g/mol. The zero-order valence-electron chi connectivity index (χ0n) is 28.3. The van der Waals surface area contributed by atoms with Gasteiger partial charge in [-0.15, -0.1) is 0 Å². The third kappa shape index (κ3) is 9.76. The molecule has 2 amide bonds. The number of carbonyl (C=O) groups excluding carboxylic acids is 2. The Morgan fingerprint density at radius 3 is 2.52 bits per heavy atom. The van der Waals surface area contributed by atoms with Gasteiger partial charge in [-0.2, -0.15) is 10.2 Å². The molecule has 7 heteroatoms. The zero-order chi connectivity index (χ0) is 32.2. The number of methoxy groups -OCH3 is 1. The predicted octanol–water partition coefficient (Wildman–Crippen LogP) is 8.06. The highest BCUT2D eigenvalue weighted by Crippen LogP contribution is 2.41. The summed E-state index contributed by atoms with van der Waals surface area (Å²) in [6.07, 6.45) is 16.8. The number of hydrogen-bond acceptors (Lipinski definition) is 5. The van der Waals surface area contributed by atoms with Gasteiger partial charge >= 0.3 is 0 Å². The van der Waals surface area contributed by atoms with Gasteiger partial charge in [-0.1, -0.05) is 59.3 Å². The van der Waals surface area contributed by atoms with Crippen LogP contribution >= 0.6 is 0 Å². The topological polar surface area (TPSA) is 83.4 Å². The fraction of sp³-hybridized carbons (Fsp3) is 0.568. The van der Waals surface area contributed by atoms with E-state index in [1.165, 1.54) is 0 Å². The van der Waals surface area contributed by atoms with E-state index in [1.807, 2.05) is 49.1 Å². The van der Waals surface area contributed by atoms with Gasteiger partial charge < -0.3 is 15.0 Å². The van der Waals surface area contributed by atoms with Crippen LogP contribution in [-0.4, -0.2) is 42.3 Å². The number of unbranched alkanes of at least 4 members (excludes halogenated alkanes) is 1. The number of fused-ring (bicyclic) bond motifs is 1. The number of ether oxygens (including phenoxy) is 1. The van der Waals surface area contributed by atoms with E-state index in [1.54, 1.807) is 13.3 Å². The van der Waals surface area contributed by atoms with Gasteiger partial charge in [0.15, 0.2) is 0 Å². The van der Waals surface area contributed by atoms with Gasteiger partial charge in [0.2, 0.25) is 5.91 Å². The number of amides is 2. The Bertz CT molecular complexity index is 1300. The third-order valence-electron chi connectivity index (χ3n) is 8.57. The van der Waals surface area contributed by atoms with Crippen LogP contribution in [0.15, 0.2) is 57.9 Å². The number of rotatable bonds is 15. The van der Waals surface area contributed by atoms with E-state index < -0.39 is 0 Å². The summed E-state index contributed by atoms with van der Waals surface area (Å²) in [6, 6.07) is 3.88. The van der Waals surface area contributed by atoms with Crippen LogP contribution in [0.5, 0.6) is 5.75 Å². The minimum Gasteiger partial charge on any atom is -0.496 e. The molecule has 0 saturated heterocycles. The van der Waals surface area contributed by atoms with Crippen LogP contribution in [0.1, 0.15) is 108 Å². The van der Waals surface area contributed by atoms with Crippen molar-refractivity contribution in [3.05, 3.63) is 64.4 Å². The standard InChI is InChI=1S/C37H54N4O3/c1-9-12-15-29(35(26(6)10-2)40-38-11-3)16-13-14-27(7)39-36(42)33-22-31-24-41(20-19-30(31)23-34(33)44-8)37(43)32(21-25(4)5)28-17-18-28/h11,13-16,22-23,25-26,28,32H,9-10,12,17-21,24H2,1-8H3,(H,39,42)/b16-13-,27-14+,29-15-,38-11-,40-35+. The number of allylic oxidation sites excluding steroid dienone is 6. The molecule has 1 aliphatic heterocycles. The molecule has 0 bridgehead atoms. The summed E-state index contributed by atoms with van der Waals surface area (Å²) in [7, 11) is 1.60. The molecule has 1 N–H and O–H groups in total. The van der Waals surface area contributed by atoms with Gasteiger partial charge in [-0.3, -0.25) is 9.59 Å². The molecule has 0 aromatic heterocycles. The quantitative estimate of drug-likeness (QED) is 0.125. The molecule has 2 aliphatic rings. The van der Waals surface area contributed by atoms with Crippen LogP contribution in [0.2, 0.25) is 0 Å². The molecule has 1 fully saturated rings. The lowest BCUT2D eigenvalue weighted by Gasteiger charge is -2.33. The molecule has 2 unspecified atom stereocenters. The molecule has 1 aromatic carbocycles. The summed E-state index contributed by atoms with van der Waals surface area (Å²) in [5.74, 6) is 2.01. The second kappa shape index (κ2) is 17.1. The van der Waals surface area contributed by atoms with E-state index in [9.17, 15) is 9.59 Å². The molecule has 2 atom stereocenters. The van der Waals surface area contributed by atoms with Gasteiger partial charge in [0.05, 0.1) is 18.4 Å². The maximum atomic E-state index is 13.6. The van der Waals surface area contributed by atoms with E-state index in [4.69, 9.17) is 4.74 Å². The van der Waals surface area contributed by atoms with E-state index in [0.717, 1.165) is 67.4 Å². The van der Waals surface area contributed by atoms with Crippen molar-refractivity contribution in [3.63, 3.8) is 0 Å². The maximum absolute atomic E-state index is 13.6. The number of hydrogen-bond donors (Lipinski definition) is 1. The number of nitrogens with zero attached hydrogens (tertiary/aromatic N) is 3. The first-order valence-electron chi connectivity index (χ1n) is 16.5. The second-order valence-electron chi connectivity index (χ2n) is 12.7. The minimum absolute atomic E-state index is 0.114. The monoisotopic (exact) mass is 602 g/mol. The number of carbonyl (C=O) groups is 2. The first-order valence-corrected chi connectivity index (χ1v) is 16.5. The van der Waals surface area contributed by atoms with Crippen molar-refractivity contribution >= 4 is 23.7 Å². The maximum Gasteiger partial charge on any atom is 0.259 e. The largest absolute Gasteiger partial charge is 0.496 e. The summed E-state index contributed by atoms with van der Waals surface area (Å²) < 4.78 is 5.64. The molecule has 240 valence electrons. The van der Waals surface area contributed by atoms with Gasteiger partial charge in [0, 0.05) is 36.8 Å². The molecular weight excluding hydrogens is 548 g/mol. The van der Waals surface area contributed by atoms with Gasteiger partial charge in [-0.25, -0.2) is 0 Å². The molecule has 44 heavy (non-hydrogen) atoms. The Morgan fingerprint density at radius 1 is 1.16 bits per heavy atom. The first kappa shape index (κ1) is 35.0. The molecule has 7 nitrogen and oxygen atoms in total. The molecular formula is C37H54N4O3. The van der Waals surface area contributed by atoms with Crippen LogP contribution in [0, 0.1) is 23.7 Å². The minimum atomic E-state index is -0.230. The molecule has 0 radical (unpaired) electrons. The Kier molecular flexibility index (Phi) is 13.6. The van der Waals surface area contributed by atoms with Crippen molar-refractivity contribution in [2.75, 3.05) is 13.7 Å². The Balaban J connectivity index is 1.78. The highest BCUT2D eigenvalue weighted by molar-refractivity contribution is 6.04. The molecule has 1 saturated carbocycles. The van der Waals surface area contributed by atoms with E-state index in [2.05, 4.69) is 56.2 Å². The Morgan fingerprint density at radius 2 is 1.91 bits per heavy atom. The normalized spacial score (nSPS) is 17.8. The first-order chi connectivity index (χ1) is 21.1. The fourth-order valence-corrected chi connectivity index (χ4v) is 5.75. The number of nitrogens with one attached hydrogen (secondary N) is 1. The molecule has 1 aliphatic carbocycles.